The molecule has 2 heterocycles. The molecule has 1 amide bonds. The van der Waals surface area contributed by atoms with Crippen molar-refractivity contribution in [1.82, 2.24) is 10.3 Å². The Kier molecular flexibility index (Phi) is 3.84. The zero-order chi connectivity index (χ0) is 15.5. The molecule has 0 radical (unpaired) electrons. The zero-order valence-corrected chi connectivity index (χ0v) is 12.6. The van der Waals surface area contributed by atoms with Crippen LogP contribution in [-0.2, 0) is 0 Å². The molecule has 0 unspecified atom stereocenters. The van der Waals surface area contributed by atoms with E-state index in [4.69, 9.17) is 16.6 Å². The topological polar surface area (TPSA) is 67.2 Å². The van der Waals surface area contributed by atoms with Gasteiger partial charge in [-0.3, -0.25) is 10.1 Å². The van der Waals surface area contributed by atoms with Gasteiger partial charge in [-0.1, -0.05) is 24.3 Å². The first kappa shape index (κ1) is 14.2. The van der Waals surface area contributed by atoms with Gasteiger partial charge in [-0.05, 0) is 37.3 Å². The average molecular weight is 311 g/mol. The number of anilines is 1. The van der Waals surface area contributed by atoms with Gasteiger partial charge in [-0.25, -0.2) is 4.98 Å². The van der Waals surface area contributed by atoms with Crippen LogP contribution in [0.25, 0.3) is 11.0 Å². The monoisotopic (exact) mass is 311 g/mol. The van der Waals surface area contributed by atoms with Crippen LogP contribution in [0.3, 0.4) is 0 Å². The smallest absolute Gasteiger partial charge is 0.293 e. The van der Waals surface area contributed by atoms with Gasteiger partial charge >= 0.3 is 0 Å². The minimum Gasteiger partial charge on any atom is -0.451 e. The number of thiocarbonyl (C=S) groups is 1. The Bertz CT molecular complexity index is 843. The predicted molar refractivity (Wildman–Crippen MR) is 88.9 cm³/mol. The Balaban J connectivity index is 1.76. The van der Waals surface area contributed by atoms with Gasteiger partial charge in [-0.15, -0.1) is 0 Å². The highest BCUT2D eigenvalue weighted by Gasteiger charge is 2.18. The summed E-state index contributed by atoms with van der Waals surface area (Å²) in [5.41, 5.74) is 1.46. The second-order valence-electron chi connectivity index (χ2n) is 4.68. The number of pyridine rings is 1. The fourth-order valence-electron chi connectivity index (χ4n) is 2.14. The molecule has 1 aromatic carbocycles. The van der Waals surface area contributed by atoms with Crippen LogP contribution >= 0.6 is 12.2 Å². The van der Waals surface area contributed by atoms with Crippen LogP contribution in [0.4, 0.5) is 5.82 Å². The van der Waals surface area contributed by atoms with E-state index in [1.807, 2.05) is 37.3 Å². The number of furan rings is 1. The van der Waals surface area contributed by atoms with E-state index in [0.29, 0.717) is 11.4 Å². The number of amides is 1. The molecule has 0 bridgehead atoms. The first-order valence-electron chi connectivity index (χ1n) is 6.66. The summed E-state index contributed by atoms with van der Waals surface area (Å²) in [7, 11) is 0. The van der Waals surface area contributed by atoms with E-state index in [2.05, 4.69) is 15.6 Å². The number of carbonyl (C=O) groups excluding carboxylic acids is 1. The van der Waals surface area contributed by atoms with E-state index >= 15 is 0 Å². The molecule has 2 N–H and O–H groups in total. The minimum absolute atomic E-state index is 0.170. The van der Waals surface area contributed by atoms with Crippen molar-refractivity contribution in [2.75, 3.05) is 5.32 Å². The van der Waals surface area contributed by atoms with Crippen LogP contribution in [0.15, 0.2) is 53.1 Å². The number of nitrogens with one attached hydrogen (secondary N) is 2. The summed E-state index contributed by atoms with van der Waals surface area (Å²) in [6.07, 6.45) is 1.64. The predicted octanol–water partition coefficient (Wildman–Crippen LogP) is 3.26. The standard InChI is InChI=1S/C16H13N3O2S/c1-10-11-6-2-3-7-12(11)21-14(10)15(20)19-16(22)18-13-8-4-5-9-17-13/h2-9H,1H3,(H2,17,18,19,20,22). The van der Waals surface area contributed by atoms with Crippen molar-refractivity contribution in [3.05, 3.63) is 60.0 Å². The zero-order valence-electron chi connectivity index (χ0n) is 11.8. The summed E-state index contributed by atoms with van der Waals surface area (Å²) in [5.74, 6) is 0.433. The summed E-state index contributed by atoms with van der Waals surface area (Å²) in [4.78, 5) is 16.4. The highest BCUT2D eigenvalue weighted by Crippen LogP contribution is 2.24. The summed E-state index contributed by atoms with van der Waals surface area (Å²) in [6.45, 7) is 1.84. The average Bonchev–Trinajstić information content (AvgIpc) is 2.86. The second kappa shape index (κ2) is 5.95. The molecule has 22 heavy (non-hydrogen) atoms. The Labute approximate surface area is 132 Å². The lowest BCUT2D eigenvalue weighted by atomic mass is 10.1. The van der Waals surface area contributed by atoms with Gasteiger partial charge in [0.1, 0.15) is 11.4 Å². The fourth-order valence-corrected chi connectivity index (χ4v) is 2.33. The molecule has 0 saturated heterocycles. The van der Waals surface area contributed by atoms with Crippen molar-refractivity contribution in [2.24, 2.45) is 0 Å². The number of carbonyl (C=O) groups is 1. The Morgan fingerprint density at radius 3 is 2.68 bits per heavy atom. The summed E-state index contributed by atoms with van der Waals surface area (Å²) in [5, 5.41) is 6.52. The van der Waals surface area contributed by atoms with E-state index in [1.165, 1.54) is 0 Å². The number of para-hydroxylation sites is 1. The van der Waals surface area contributed by atoms with Crippen molar-refractivity contribution < 1.29 is 9.21 Å². The largest absolute Gasteiger partial charge is 0.451 e. The van der Waals surface area contributed by atoms with Crippen molar-refractivity contribution in [3.8, 4) is 0 Å². The third-order valence-corrected chi connectivity index (χ3v) is 3.39. The molecule has 3 rings (SSSR count). The molecule has 0 spiro atoms. The van der Waals surface area contributed by atoms with E-state index in [-0.39, 0.29) is 16.8 Å². The third-order valence-electron chi connectivity index (χ3n) is 3.18. The van der Waals surface area contributed by atoms with Crippen LogP contribution in [0, 0.1) is 6.92 Å². The van der Waals surface area contributed by atoms with Crippen molar-refractivity contribution in [3.63, 3.8) is 0 Å². The lowest BCUT2D eigenvalue weighted by Crippen LogP contribution is -2.34. The Morgan fingerprint density at radius 1 is 1.18 bits per heavy atom. The normalized spacial score (nSPS) is 10.4. The molecule has 0 aliphatic carbocycles. The van der Waals surface area contributed by atoms with Crippen molar-refractivity contribution in [2.45, 2.75) is 6.92 Å². The molecule has 0 fully saturated rings. The number of aromatic nitrogens is 1. The Morgan fingerprint density at radius 2 is 1.95 bits per heavy atom. The number of aryl methyl sites for hydroxylation is 1. The van der Waals surface area contributed by atoms with Gasteiger partial charge in [0, 0.05) is 17.1 Å². The molecule has 2 aromatic heterocycles. The van der Waals surface area contributed by atoms with Crippen molar-refractivity contribution >= 4 is 40.0 Å². The van der Waals surface area contributed by atoms with Gasteiger partial charge < -0.3 is 9.73 Å². The lowest BCUT2D eigenvalue weighted by molar-refractivity contribution is 0.0952. The number of hydrogen-bond donors (Lipinski definition) is 2. The summed E-state index contributed by atoms with van der Waals surface area (Å²) >= 11 is 5.11. The fraction of sp³-hybridized carbons (Fsp3) is 0.0625. The highest BCUT2D eigenvalue weighted by atomic mass is 32.1. The van der Waals surface area contributed by atoms with Crippen LogP contribution in [0.2, 0.25) is 0 Å². The SMILES string of the molecule is Cc1c(C(=O)NC(=S)Nc2ccccn2)oc2ccccc12. The van der Waals surface area contributed by atoms with Gasteiger partial charge in [-0.2, -0.15) is 0 Å². The first-order valence-corrected chi connectivity index (χ1v) is 7.07. The molecule has 5 nitrogen and oxygen atoms in total. The second-order valence-corrected chi connectivity index (χ2v) is 5.08. The third kappa shape index (κ3) is 2.82. The molecule has 3 aromatic rings. The maximum absolute atomic E-state index is 12.3. The maximum atomic E-state index is 12.3. The summed E-state index contributed by atoms with van der Waals surface area (Å²) in [6, 6.07) is 12.9. The number of fused-ring (bicyclic) bond motifs is 1. The van der Waals surface area contributed by atoms with E-state index in [9.17, 15) is 4.79 Å². The highest BCUT2D eigenvalue weighted by molar-refractivity contribution is 7.80. The van der Waals surface area contributed by atoms with E-state index in [1.54, 1.807) is 18.3 Å². The molecular weight excluding hydrogens is 298 g/mol. The summed E-state index contributed by atoms with van der Waals surface area (Å²) < 4.78 is 5.60. The molecule has 0 atom stereocenters. The van der Waals surface area contributed by atoms with Gasteiger partial charge in [0.2, 0.25) is 0 Å². The van der Waals surface area contributed by atoms with Gasteiger partial charge in [0.15, 0.2) is 10.9 Å². The number of nitrogens with zero attached hydrogens (tertiary/aromatic N) is 1. The first-order chi connectivity index (χ1) is 10.6. The quantitative estimate of drug-likeness (QED) is 0.711. The molecule has 0 saturated carbocycles. The number of rotatable bonds is 2. The van der Waals surface area contributed by atoms with Gasteiger partial charge in [0.25, 0.3) is 5.91 Å². The van der Waals surface area contributed by atoms with Gasteiger partial charge in [0.05, 0.1) is 0 Å². The maximum Gasteiger partial charge on any atom is 0.293 e. The molecule has 6 heteroatoms. The molecular formula is C16H13N3O2S. The Hall–Kier alpha value is -2.73. The lowest BCUT2D eigenvalue weighted by Gasteiger charge is -2.07. The van der Waals surface area contributed by atoms with Crippen LogP contribution in [0.1, 0.15) is 16.1 Å². The number of benzene rings is 1. The van der Waals surface area contributed by atoms with Crippen LogP contribution in [-0.4, -0.2) is 16.0 Å². The minimum atomic E-state index is -0.387. The molecule has 110 valence electrons. The molecule has 0 aliphatic rings. The number of hydrogen-bond acceptors (Lipinski definition) is 4. The van der Waals surface area contributed by atoms with Crippen LogP contribution in [0.5, 0.6) is 0 Å². The van der Waals surface area contributed by atoms with E-state index in [0.717, 1.165) is 10.9 Å². The van der Waals surface area contributed by atoms with E-state index < -0.39 is 0 Å². The molecule has 0 aliphatic heterocycles. The van der Waals surface area contributed by atoms with Crippen molar-refractivity contribution in [1.29, 1.82) is 0 Å². The van der Waals surface area contributed by atoms with Crippen LogP contribution < -0.4 is 10.6 Å².